The Kier molecular flexibility index (Phi) is 4.13. The van der Waals surface area contributed by atoms with E-state index in [0.29, 0.717) is 0 Å². The van der Waals surface area contributed by atoms with Gasteiger partial charge in [0.05, 0.1) is 0 Å². The molecule has 1 aromatic carbocycles. The monoisotopic (exact) mass is 255 g/mol. The fourth-order valence-electron chi connectivity index (χ4n) is 2.31. The number of nitrogens with zero attached hydrogens (tertiary/aromatic N) is 1. The number of hydrogen-bond acceptors (Lipinski definition) is 2. The van der Waals surface area contributed by atoms with Crippen molar-refractivity contribution in [3.05, 3.63) is 35.6 Å². The third kappa shape index (κ3) is 3.05. The maximum absolute atomic E-state index is 12.9. The van der Waals surface area contributed by atoms with E-state index in [4.69, 9.17) is 11.6 Å². The zero-order valence-electron chi connectivity index (χ0n) is 9.53. The zero-order valence-corrected chi connectivity index (χ0v) is 10.3. The Morgan fingerprint density at radius 1 is 1.18 bits per heavy atom. The average Bonchev–Trinajstić information content (AvgIpc) is 2.33. The van der Waals surface area contributed by atoms with E-state index in [9.17, 15) is 9.18 Å². The molecule has 1 aliphatic heterocycles. The van der Waals surface area contributed by atoms with E-state index in [2.05, 4.69) is 4.90 Å². The molecule has 1 atom stereocenters. The van der Waals surface area contributed by atoms with Gasteiger partial charge in [0.25, 0.3) is 0 Å². The molecule has 1 saturated heterocycles. The Labute approximate surface area is 105 Å². The normalized spacial score (nSPS) is 18.9. The molecule has 1 aromatic rings. The van der Waals surface area contributed by atoms with Crippen LogP contribution in [0.2, 0.25) is 0 Å². The van der Waals surface area contributed by atoms with Crippen molar-refractivity contribution >= 4 is 16.8 Å². The van der Waals surface area contributed by atoms with Crippen LogP contribution in [0.1, 0.15) is 30.9 Å². The zero-order chi connectivity index (χ0) is 12.3. The molecular formula is C13H15ClFNO. The lowest BCUT2D eigenvalue weighted by Crippen LogP contribution is -2.36. The fraction of sp³-hybridized carbons (Fsp3) is 0.462. The highest BCUT2D eigenvalue weighted by Gasteiger charge is 2.27. The Morgan fingerprint density at radius 3 is 2.29 bits per heavy atom. The predicted octanol–water partition coefficient (Wildman–Crippen LogP) is 3.12. The number of hydrogen-bond donors (Lipinski definition) is 0. The van der Waals surface area contributed by atoms with Gasteiger partial charge in [-0.1, -0.05) is 18.6 Å². The number of carbonyl (C=O) groups excluding carboxylic acids is 1. The molecule has 1 unspecified atom stereocenters. The van der Waals surface area contributed by atoms with Gasteiger partial charge in [0.2, 0.25) is 5.24 Å². The third-order valence-corrected chi connectivity index (χ3v) is 3.36. The summed E-state index contributed by atoms with van der Waals surface area (Å²) < 4.78 is 12.9. The molecule has 0 saturated carbocycles. The van der Waals surface area contributed by atoms with Crippen LogP contribution in [-0.4, -0.2) is 23.2 Å². The predicted molar refractivity (Wildman–Crippen MR) is 65.4 cm³/mol. The molecule has 0 aliphatic carbocycles. The molecule has 0 radical (unpaired) electrons. The summed E-state index contributed by atoms with van der Waals surface area (Å²) >= 11 is 5.68. The summed E-state index contributed by atoms with van der Waals surface area (Å²) in [5.41, 5.74) is 0.772. The summed E-state index contributed by atoms with van der Waals surface area (Å²) in [6.07, 6.45) is 3.37. The van der Waals surface area contributed by atoms with Gasteiger partial charge >= 0.3 is 0 Å². The quantitative estimate of drug-likeness (QED) is 0.774. The van der Waals surface area contributed by atoms with Crippen molar-refractivity contribution in [2.24, 2.45) is 0 Å². The van der Waals surface area contributed by atoms with Gasteiger partial charge in [0.15, 0.2) is 0 Å². The summed E-state index contributed by atoms with van der Waals surface area (Å²) in [6.45, 7) is 1.75. The maximum atomic E-state index is 12.9. The molecule has 1 heterocycles. The van der Waals surface area contributed by atoms with Crippen molar-refractivity contribution in [1.29, 1.82) is 0 Å². The molecule has 1 fully saturated rings. The van der Waals surface area contributed by atoms with Gasteiger partial charge in [0.1, 0.15) is 11.9 Å². The van der Waals surface area contributed by atoms with Crippen LogP contribution in [0.3, 0.4) is 0 Å². The van der Waals surface area contributed by atoms with Crippen molar-refractivity contribution in [3.63, 3.8) is 0 Å². The second kappa shape index (κ2) is 5.61. The minimum absolute atomic E-state index is 0.298. The molecule has 92 valence electrons. The van der Waals surface area contributed by atoms with Crippen LogP contribution in [0.25, 0.3) is 0 Å². The first-order valence-corrected chi connectivity index (χ1v) is 6.25. The van der Waals surface area contributed by atoms with E-state index in [1.54, 1.807) is 12.1 Å². The van der Waals surface area contributed by atoms with Gasteiger partial charge in [-0.2, -0.15) is 0 Å². The van der Waals surface area contributed by atoms with Crippen LogP contribution in [0.4, 0.5) is 4.39 Å². The fourth-order valence-corrected chi connectivity index (χ4v) is 2.57. The minimum Gasteiger partial charge on any atom is -0.289 e. The topological polar surface area (TPSA) is 20.3 Å². The first-order valence-electron chi connectivity index (χ1n) is 5.87. The number of likely N-dealkylation sites (tertiary alicyclic amines) is 1. The summed E-state index contributed by atoms with van der Waals surface area (Å²) in [4.78, 5) is 13.6. The van der Waals surface area contributed by atoms with Crippen molar-refractivity contribution in [3.8, 4) is 0 Å². The summed E-state index contributed by atoms with van der Waals surface area (Å²) in [5, 5.41) is -0.390. The Bertz CT molecular complexity index is 387. The van der Waals surface area contributed by atoms with Crippen LogP contribution in [-0.2, 0) is 4.79 Å². The first-order chi connectivity index (χ1) is 8.18. The average molecular weight is 256 g/mol. The van der Waals surface area contributed by atoms with Crippen LogP contribution < -0.4 is 0 Å². The SMILES string of the molecule is O=C(Cl)C(c1ccc(F)cc1)N1CCCCC1. The van der Waals surface area contributed by atoms with Crippen molar-refractivity contribution < 1.29 is 9.18 Å². The molecule has 0 amide bonds. The molecule has 4 heteroatoms. The summed E-state index contributed by atoms with van der Waals surface area (Å²) in [7, 11) is 0. The highest BCUT2D eigenvalue weighted by molar-refractivity contribution is 6.64. The second-order valence-corrected chi connectivity index (χ2v) is 4.73. The van der Waals surface area contributed by atoms with E-state index >= 15 is 0 Å². The standard InChI is InChI=1S/C13H15ClFNO/c14-13(17)12(16-8-2-1-3-9-16)10-4-6-11(15)7-5-10/h4-7,12H,1-3,8-9H2. The Morgan fingerprint density at radius 2 is 1.76 bits per heavy atom. The first kappa shape index (κ1) is 12.5. The van der Waals surface area contributed by atoms with Gasteiger partial charge in [0, 0.05) is 0 Å². The number of benzene rings is 1. The number of halogens is 2. The Hall–Kier alpha value is -0.930. The lowest BCUT2D eigenvalue weighted by atomic mass is 10.0. The maximum Gasteiger partial charge on any atom is 0.243 e. The van der Waals surface area contributed by atoms with Gasteiger partial charge < -0.3 is 0 Å². The van der Waals surface area contributed by atoms with E-state index in [-0.39, 0.29) is 5.82 Å². The number of rotatable bonds is 3. The van der Waals surface area contributed by atoms with Crippen molar-refractivity contribution in [2.45, 2.75) is 25.3 Å². The van der Waals surface area contributed by atoms with Gasteiger partial charge in [-0.25, -0.2) is 4.39 Å². The van der Waals surface area contributed by atoms with Crippen LogP contribution in [0.15, 0.2) is 24.3 Å². The smallest absolute Gasteiger partial charge is 0.243 e. The lowest BCUT2D eigenvalue weighted by Gasteiger charge is -2.32. The van der Waals surface area contributed by atoms with E-state index in [0.717, 1.165) is 31.5 Å². The van der Waals surface area contributed by atoms with Gasteiger partial charge in [-0.05, 0) is 55.2 Å². The number of piperidine rings is 1. The molecule has 17 heavy (non-hydrogen) atoms. The van der Waals surface area contributed by atoms with E-state index < -0.39 is 11.3 Å². The molecule has 2 rings (SSSR count). The molecule has 0 spiro atoms. The van der Waals surface area contributed by atoms with Crippen LogP contribution in [0, 0.1) is 5.82 Å². The second-order valence-electron chi connectivity index (χ2n) is 4.35. The number of carbonyl (C=O) groups is 1. The minimum atomic E-state index is -0.433. The highest BCUT2D eigenvalue weighted by Crippen LogP contribution is 2.26. The van der Waals surface area contributed by atoms with Crippen LogP contribution in [0.5, 0.6) is 0 Å². The van der Waals surface area contributed by atoms with Crippen LogP contribution >= 0.6 is 11.6 Å². The molecular weight excluding hydrogens is 241 g/mol. The molecule has 0 bridgehead atoms. The molecule has 1 aliphatic rings. The largest absolute Gasteiger partial charge is 0.289 e. The van der Waals surface area contributed by atoms with E-state index in [1.165, 1.54) is 18.6 Å². The van der Waals surface area contributed by atoms with Gasteiger partial charge in [-0.15, -0.1) is 0 Å². The van der Waals surface area contributed by atoms with E-state index in [1.807, 2.05) is 0 Å². The Balaban J connectivity index is 2.21. The molecule has 0 N–H and O–H groups in total. The third-order valence-electron chi connectivity index (χ3n) is 3.16. The highest BCUT2D eigenvalue weighted by atomic mass is 35.5. The van der Waals surface area contributed by atoms with Crippen molar-refractivity contribution in [1.82, 2.24) is 4.90 Å². The summed E-state index contributed by atoms with van der Waals surface area (Å²) in [5.74, 6) is -0.298. The van der Waals surface area contributed by atoms with Gasteiger partial charge in [-0.3, -0.25) is 9.69 Å². The lowest BCUT2D eigenvalue weighted by molar-refractivity contribution is -0.117. The summed E-state index contributed by atoms with van der Waals surface area (Å²) in [6, 6.07) is 5.57. The molecule has 0 aromatic heterocycles. The molecule has 2 nitrogen and oxygen atoms in total. The van der Waals surface area contributed by atoms with Crippen molar-refractivity contribution in [2.75, 3.05) is 13.1 Å².